The third-order valence-corrected chi connectivity index (χ3v) is 7.51. The van der Waals surface area contributed by atoms with Crippen LogP contribution in [0.3, 0.4) is 0 Å². The van der Waals surface area contributed by atoms with Gasteiger partial charge >= 0.3 is 10.1 Å². The van der Waals surface area contributed by atoms with Gasteiger partial charge < -0.3 is 20.5 Å². The number of pyridine rings is 1. The highest BCUT2D eigenvalue weighted by Gasteiger charge is 2.15. The van der Waals surface area contributed by atoms with Gasteiger partial charge in [0.25, 0.3) is 5.56 Å². The zero-order chi connectivity index (χ0) is 22.3. The Bertz CT molecular complexity index is 985. The summed E-state index contributed by atoms with van der Waals surface area (Å²) in [5.41, 5.74) is 7.39. The van der Waals surface area contributed by atoms with Crippen molar-refractivity contribution >= 4 is 46.3 Å². The van der Waals surface area contributed by atoms with Crippen LogP contribution in [0.2, 0.25) is 0 Å². The summed E-state index contributed by atoms with van der Waals surface area (Å²) in [5.74, 6) is 0. The van der Waals surface area contributed by atoms with Crippen LogP contribution in [0.4, 0.5) is 0 Å². The summed E-state index contributed by atoms with van der Waals surface area (Å²) in [6.45, 7) is 10.5. The molecule has 1 aliphatic rings. The van der Waals surface area contributed by atoms with Crippen LogP contribution in [-0.2, 0) is 16.5 Å². The van der Waals surface area contributed by atoms with Crippen molar-refractivity contribution in [3.8, 4) is 10.4 Å². The SMILES string of the molecule is CCc1cc(-c2ccc(S(=O)(=O)O)s2)c(C)[nH]c1=O.CN1CCN(CCCN)CC1.Cl.Cl. The van der Waals surface area contributed by atoms with E-state index >= 15 is 0 Å². The lowest BCUT2D eigenvalue weighted by molar-refractivity contribution is 0.153. The Kier molecular flexibility index (Phi) is 13.9. The Morgan fingerprint density at radius 1 is 1.19 bits per heavy atom. The zero-order valence-electron chi connectivity index (χ0n) is 18.7. The number of hydrogen-bond donors (Lipinski definition) is 3. The van der Waals surface area contributed by atoms with E-state index in [1.165, 1.54) is 38.8 Å². The van der Waals surface area contributed by atoms with Gasteiger partial charge in [-0.1, -0.05) is 6.92 Å². The van der Waals surface area contributed by atoms with Crippen molar-refractivity contribution in [1.29, 1.82) is 0 Å². The molecule has 3 rings (SSSR count). The lowest BCUT2D eigenvalue weighted by Gasteiger charge is -2.32. The van der Waals surface area contributed by atoms with Gasteiger partial charge in [-0.2, -0.15) is 8.42 Å². The fraction of sp³-hybridized carbons (Fsp3) is 0.550. The number of H-pyrrole nitrogens is 1. The van der Waals surface area contributed by atoms with Crippen LogP contribution in [0, 0.1) is 6.92 Å². The first-order valence-electron chi connectivity index (χ1n) is 10.1. The topological polar surface area (TPSA) is 120 Å². The van der Waals surface area contributed by atoms with Crippen LogP contribution in [-0.4, -0.2) is 74.1 Å². The van der Waals surface area contributed by atoms with Gasteiger partial charge in [0.2, 0.25) is 0 Å². The van der Waals surface area contributed by atoms with Gasteiger partial charge in [0.05, 0.1) is 0 Å². The molecule has 32 heavy (non-hydrogen) atoms. The average molecular weight is 530 g/mol. The fourth-order valence-electron chi connectivity index (χ4n) is 3.17. The molecule has 8 nitrogen and oxygen atoms in total. The molecule has 0 radical (unpaired) electrons. The maximum Gasteiger partial charge on any atom is 0.304 e. The summed E-state index contributed by atoms with van der Waals surface area (Å²) in [5, 5.41) is 0. The summed E-state index contributed by atoms with van der Waals surface area (Å²) >= 11 is 0.972. The molecule has 0 saturated carbocycles. The summed E-state index contributed by atoms with van der Waals surface area (Å²) < 4.78 is 31.0. The van der Waals surface area contributed by atoms with Gasteiger partial charge in [-0.05, 0) is 58.1 Å². The number of rotatable bonds is 6. The monoisotopic (exact) mass is 528 g/mol. The first-order chi connectivity index (χ1) is 14.2. The lowest BCUT2D eigenvalue weighted by Crippen LogP contribution is -2.44. The molecule has 3 heterocycles. The van der Waals surface area contributed by atoms with E-state index in [0.717, 1.165) is 29.9 Å². The van der Waals surface area contributed by atoms with Crippen LogP contribution in [0.5, 0.6) is 0 Å². The van der Waals surface area contributed by atoms with E-state index in [1.54, 1.807) is 19.1 Å². The third-order valence-electron chi connectivity index (χ3n) is 5.07. The minimum Gasteiger partial charge on any atom is -0.330 e. The van der Waals surface area contributed by atoms with Crippen molar-refractivity contribution in [2.75, 3.05) is 46.3 Å². The van der Waals surface area contributed by atoms with E-state index in [9.17, 15) is 13.2 Å². The van der Waals surface area contributed by atoms with E-state index in [0.29, 0.717) is 22.6 Å². The highest BCUT2D eigenvalue weighted by atomic mass is 35.5. The normalized spacial score (nSPS) is 14.7. The van der Waals surface area contributed by atoms with Gasteiger partial charge in [0, 0.05) is 47.9 Å². The molecule has 0 unspecified atom stereocenters. The molecule has 2 aromatic rings. The van der Waals surface area contributed by atoms with Gasteiger partial charge in [-0.3, -0.25) is 9.35 Å². The largest absolute Gasteiger partial charge is 0.330 e. The Morgan fingerprint density at radius 2 is 1.81 bits per heavy atom. The van der Waals surface area contributed by atoms with Crippen LogP contribution in [0.15, 0.2) is 27.2 Å². The van der Waals surface area contributed by atoms with E-state index in [4.69, 9.17) is 10.3 Å². The van der Waals surface area contributed by atoms with Crippen molar-refractivity contribution in [3.63, 3.8) is 0 Å². The van der Waals surface area contributed by atoms with E-state index < -0.39 is 10.1 Å². The molecule has 2 aromatic heterocycles. The Balaban J connectivity index is 0.000000639. The predicted octanol–water partition coefficient (Wildman–Crippen LogP) is 2.65. The highest BCUT2D eigenvalue weighted by molar-refractivity contribution is 7.88. The van der Waals surface area contributed by atoms with E-state index in [-0.39, 0.29) is 34.6 Å². The molecule has 0 amide bonds. The second-order valence-corrected chi connectivity index (χ2v) is 10.1. The summed E-state index contributed by atoms with van der Waals surface area (Å²) in [4.78, 5) is 19.9. The molecular weight excluding hydrogens is 495 g/mol. The molecule has 4 N–H and O–H groups in total. The van der Waals surface area contributed by atoms with Crippen molar-refractivity contribution < 1.29 is 13.0 Å². The van der Waals surface area contributed by atoms with Gasteiger partial charge in [0.1, 0.15) is 4.21 Å². The number of likely N-dealkylation sites (N-methyl/N-ethyl adjacent to an activating group) is 1. The van der Waals surface area contributed by atoms with Crippen LogP contribution in [0.25, 0.3) is 10.4 Å². The number of piperazine rings is 1. The number of thiophene rings is 1. The number of aromatic amines is 1. The van der Waals surface area contributed by atoms with Gasteiger partial charge in [0.15, 0.2) is 0 Å². The van der Waals surface area contributed by atoms with E-state index in [1.807, 2.05) is 6.92 Å². The summed E-state index contributed by atoms with van der Waals surface area (Å²) in [6, 6.07) is 4.73. The maximum atomic E-state index is 11.6. The summed E-state index contributed by atoms with van der Waals surface area (Å²) in [6.07, 6.45) is 1.74. The second-order valence-electron chi connectivity index (χ2n) is 7.40. The molecule has 0 aliphatic carbocycles. The highest BCUT2D eigenvalue weighted by Crippen LogP contribution is 2.32. The van der Waals surface area contributed by atoms with Gasteiger partial charge in [-0.25, -0.2) is 0 Å². The quantitative estimate of drug-likeness (QED) is 0.492. The van der Waals surface area contributed by atoms with Crippen molar-refractivity contribution in [3.05, 3.63) is 39.8 Å². The van der Waals surface area contributed by atoms with Gasteiger partial charge in [-0.15, -0.1) is 36.2 Å². The summed E-state index contributed by atoms with van der Waals surface area (Å²) in [7, 11) is -2.00. The average Bonchev–Trinajstić information content (AvgIpc) is 3.19. The fourth-order valence-corrected chi connectivity index (χ4v) is 4.92. The first kappa shape index (κ1) is 31.0. The lowest BCUT2D eigenvalue weighted by atomic mass is 10.1. The molecule has 12 heteroatoms. The molecule has 0 bridgehead atoms. The smallest absolute Gasteiger partial charge is 0.304 e. The minimum absolute atomic E-state index is 0. The van der Waals surface area contributed by atoms with Crippen LogP contribution in [0.1, 0.15) is 24.6 Å². The molecule has 1 fully saturated rings. The Morgan fingerprint density at radius 3 is 2.31 bits per heavy atom. The molecule has 0 aromatic carbocycles. The number of hydrogen-bond acceptors (Lipinski definition) is 7. The Labute approximate surface area is 206 Å². The van der Waals surface area contributed by atoms with Crippen LogP contribution >= 0.6 is 36.2 Å². The zero-order valence-corrected chi connectivity index (χ0v) is 21.9. The third kappa shape index (κ3) is 9.11. The molecule has 0 spiro atoms. The number of nitrogens with zero attached hydrogens (tertiary/aromatic N) is 2. The second kappa shape index (κ2) is 14.3. The van der Waals surface area contributed by atoms with Crippen molar-refractivity contribution in [2.45, 2.75) is 30.9 Å². The number of aromatic nitrogens is 1. The number of aryl methyl sites for hydroxylation is 2. The molecule has 0 atom stereocenters. The van der Waals surface area contributed by atoms with Crippen molar-refractivity contribution in [1.82, 2.24) is 14.8 Å². The Hall–Kier alpha value is -0.980. The number of halogens is 2. The molecule has 1 aliphatic heterocycles. The number of nitrogens with two attached hydrogens (primary N) is 1. The maximum absolute atomic E-state index is 11.6. The molecule has 1 saturated heterocycles. The predicted molar refractivity (Wildman–Crippen MR) is 136 cm³/mol. The van der Waals surface area contributed by atoms with E-state index in [2.05, 4.69) is 21.8 Å². The number of nitrogens with one attached hydrogen (secondary N) is 1. The molecular formula is C20H34Cl2N4O4S2. The first-order valence-corrected chi connectivity index (χ1v) is 12.3. The standard InChI is InChI=1S/C12H13NO4S2.C8H19N3.2ClH/c1-3-8-6-9(7(2)13-12(8)14)10-4-5-11(18-10)19(15,16)17;1-10-5-7-11(8-6-10)4-2-3-9;;/h4-6H,3H2,1-2H3,(H,13,14)(H,15,16,17);2-9H2,1H3;2*1H. The molecule has 184 valence electrons. The minimum atomic E-state index is -4.18. The van der Waals surface area contributed by atoms with Crippen molar-refractivity contribution in [2.24, 2.45) is 5.73 Å². The van der Waals surface area contributed by atoms with Crippen LogP contribution < -0.4 is 11.3 Å².